The van der Waals surface area contributed by atoms with Gasteiger partial charge in [-0.25, -0.2) is 23.4 Å². The third-order valence-electron chi connectivity index (χ3n) is 7.74. The van der Waals surface area contributed by atoms with Gasteiger partial charge in [0.25, 0.3) is 0 Å². The predicted molar refractivity (Wildman–Crippen MR) is 147 cm³/mol. The van der Waals surface area contributed by atoms with Crippen molar-refractivity contribution in [2.75, 3.05) is 48.8 Å². The van der Waals surface area contributed by atoms with Gasteiger partial charge in [0.05, 0.1) is 52.4 Å². The zero-order valence-electron chi connectivity index (χ0n) is 22.2. The second-order valence-electron chi connectivity index (χ2n) is 10.3. The number of likely N-dealkylation sites (tertiary alicyclic amines) is 1. The van der Waals surface area contributed by atoms with E-state index in [0.29, 0.717) is 47.5 Å². The molecule has 0 aliphatic carbocycles. The van der Waals surface area contributed by atoms with Crippen molar-refractivity contribution in [2.45, 2.75) is 49.5 Å². The van der Waals surface area contributed by atoms with Gasteiger partial charge in [0.1, 0.15) is 11.4 Å². The molecule has 3 aliphatic rings. The summed E-state index contributed by atoms with van der Waals surface area (Å²) in [6.07, 6.45) is -2.44. The number of aliphatic hydroxyl groups is 1. The smallest absolute Gasteiger partial charge is 0.395 e. The number of pyridine rings is 1. The molecule has 2 saturated heterocycles. The minimum atomic E-state index is -4.75. The maximum absolute atomic E-state index is 14.0. The lowest BCUT2D eigenvalue weighted by Gasteiger charge is -2.34. The average Bonchev–Trinajstić information content (AvgIpc) is 3.64. The van der Waals surface area contributed by atoms with Gasteiger partial charge in [0, 0.05) is 42.8 Å². The van der Waals surface area contributed by atoms with Gasteiger partial charge in [-0.3, -0.25) is 4.90 Å². The summed E-state index contributed by atoms with van der Waals surface area (Å²) in [6.45, 7) is 4.47. The molecule has 3 aliphatic heterocycles. The number of aromatic nitrogens is 3. The van der Waals surface area contributed by atoms with E-state index in [9.17, 15) is 26.7 Å². The molecule has 0 radical (unpaired) electrons. The number of hydrogen-bond acceptors (Lipinski definition) is 11. The highest BCUT2D eigenvalue weighted by molar-refractivity contribution is 7.91. The number of aryl methyl sites for hydroxylation is 1. The summed E-state index contributed by atoms with van der Waals surface area (Å²) in [5.41, 5.74) is -0.160. The normalized spacial score (nSPS) is 22.1. The van der Waals surface area contributed by atoms with E-state index in [-0.39, 0.29) is 41.3 Å². The molecule has 3 aromatic heterocycles. The van der Waals surface area contributed by atoms with Crippen LogP contribution in [0.15, 0.2) is 29.3 Å². The molecule has 3 aromatic rings. The van der Waals surface area contributed by atoms with Gasteiger partial charge in [-0.05, 0) is 31.0 Å². The Labute approximate surface area is 239 Å². The van der Waals surface area contributed by atoms with Crippen LogP contribution >= 0.6 is 11.3 Å². The molecule has 6 rings (SSSR count). The highest BCUT2D eigenvalue weighted by atomic mass is 32.2. The minimum Gasteiger partial charge on any atom is -0.395 e. The van der Waals surface area contributed by atoms with Crippen LogP contribution in [-0.2, 0) is 33.8 Å². The van der Waals surface area contributed by atoms with Crippen molar-refractivity contribution in [3.63, 3.8) is 0 Å². The summed E-state index contributed by atoms with van der Waals surface area (Å²) in [7, 11) is -3.68. The zero-order chi connectivity index (χ0) is 28.9. The van der Waals surface area contributed by atoms with Crippen molar-refractivity contribution in [3.05, 3.63) is 40.5 Å². The Morgan fingerprint density at radius 3 is 2.76 bits per heavy atom. The fraction of sp³-hybridized carbons (Fsp3) is 0.500. The summed E-state index contributed by atoms with van der Waals surface area (Å²) in [6, 6.07) is 5.66. The van der Waals surface area contributed by atoms with E-state index >= 15 is 0 Å². The second-order valence-corrected chi connectivity index (χ2v) is 13.5. The topological polar surface area (TPSA) is 121 Å². The number of ether oxygens (including phenoxy) is 1. The van der Waals surface area contributed by atoms with Gasteiger partial charge in [0.2, 0.25) is 5.95 Å². The van der Waals surface area contributed by atoms with E-state index in [1.165, 1.54) is 6.07 Å². The van der Waals surface area contributed by atoms with Crippen LogP contribution in [0.3, 0.4) is 0 Å². The van der Waals surface area contributed by atoms with E-state index in [0.717, 1.165) is 36.7 Å². The first kappa shape index (κ1) is 28.3. The van der Waals surface area contributed by atoms with Gasteiger partial charge >= 0.3 is 6.18 Å². The summed E-state index contributed by atoms with van der Waals surface area (Å²) < 4.78 is 72.5. The van der Waals surface area contributed by atoms with Crippen LogP contribution in [-0.4, -0.2) is 84.1 Å². The lowest BCUT2D eigenvalue weighted by molar-refractivity contribution is -0.137. The molecular weight excluding hydrogens is 581 g/mol. The van der Waals surface area contributed by atoms with Crippen LogP contribution in [0, 0.1) is 0 Å². The molecule has 15 heteroatoms. The number of nitrogens with one attached hydrogen (secondary N) is 1. The molecule has 41 heavy (non-hydrogen) atoms. The molecule has 0 aromatic carbocycles. The first-order valence-corrected chi connectivity index (χ1v) is 15.8. The number of alkyl halides is 3. The summed E-state index contributed by atoms with van der Waals surface area (Å²) in [4.78, 5) is 18.0. The quantitative estimate of drug-likeness (QED) is 0.411. The van der Waals surface area contributed by atoms with Crippen molar-refractivity contribution >= 4 is 38.6 Å². The van der Waals surface area contributed by atoms with E-state index < -0.39 is 27.3 Å². The van der Waals surface area contributed by atoms with Crippen molar-refractivity contribution in [1.82, 2.24) is 19.9 Å². The highest BCUT2D eigenvalue weighted by Gasteiger charge is 2.43. The fourth-order valence-electron chi connectivity index (χ4n) is 5.76. The number of aliphatic hydroxyl groups excluding tert-OH is 1. The third-order valence-corrected chi connectivity index (χ3v) is 10.7. The van der Waals surface area contributed by atoms with Crippen LogP contribution in [0.1, 0.15) is 29.5 Å². The average molecular weight is 611 g/mol. The highest BCUT2D eigenvalue weighted by Crippen LogP contribution is 2.42. The molecule has 2 bridgehead atoms. The second kappa shape index (κ2) is 10.8. The van der Waals surface area contributed by atoms with E-state index in [4.69, 9.17) is 9.72 Å². The molecule has 6 heterocycles. The van der Waals surface area contributed by atoms with Crippen LogP contribution in [0.5, 0.6) is 0 Å². The monoisotopic (exact) mass is 610 g/mol. The Balaban J connectivity index is 1.30. The molecular formula is C26H29F3N6O4S2. The fourth-order valence-corrected chi connectivity index (χ4v) is 8.60. The number of halogens is 3. The van der Waals surface area contributed by atoms with Crippen molar-refractivity contribution in [3.8, 4) is 10.6 Å². The Hall–Kier alpha value is -2.85. The number of hydrogen-bond donors (Lipinski definition) is 2. The van der Waals surface area contributed by atoms with E-state index in [1.807, 2.05) is 19.1 Å². The molecule has 2 fully saturated rings. The van der Waals surface area contributed by atoms with Gasteiger partial charge in [0.15, 0.2) is 9.84 Å². The van der Waals surface area contributed by atoms with Crippen LogP contribution in [0.2, 0.25) is 0 Å². The van der Waals surface area contributed by atoms with Gasteiger partial charge < -0.3 is 20.1 Å². The van der Waals surface area contributed by atoms with Crippen molar-refractivity contribution in [2.24, 2.45) is 0 Å². The molecule has 10 nitrogen and oxygen atoms in total. The number of anilines is 3. The predicted octanol–water partition coefficient (Wildman–Crippen LogP) is 3.48. The Morgan fingerprint density at radius 2 is 2.05 bits per heavy atom. The van der Waals surface area contributed by atoms with Gasteiger partial charge in [-0.15, -0.1) is 11.3 Å². The number of fused-ring (bicyclic) bond motifs is 3. The van der Waals surface area contributed by atoms with Crippen LogP contribution < -0.4 is 10.2 Å². The SMILES string of the molecule is CCc1nc(N2C[C@H]3C[C@@H]2CN3CCO)ccc1Nc1ncc(C(F)(F)F)c(-c2cc3c(s2)COCCS3(=O)=O)n1. The van der Waals surface area contributed by atoms with E-state index in [2.05, 4.69) is 25.1 Å². The number of thiophene rings is 1. The molecule has 220 valence electrons. The first-order chi connectivity index (χ1) is 19.6. The summed E-state index contributed by atoms with van der Waals surface area (Å²) >= 11 is 0.925. The third kappa shape index (κ3) is 5.41. The molecule has 2 N–H and O–H groups in total. The van der Waals surface area contributed by atoms with Crippen LogP contribution in [0.4, 0.5) is 30.6 Å². The van der Waals surface area contributed by atoms with Gasteiger partial charge in [-0.1, -0.05) is 6.92 Å². The lowest BCUT2D eigenvalue weighted by atomic mass is 10.2. The number of rotatable bonds is 7. The van der Waals surface area contributed by atoms with Crippen LogP contribution in [0.25, 0.3) is 10.6 Å². The van der Waals surface area contributed by atoms with Crippen molar-refractivity contribution in [1.29, 1.82) is 0 Å². The maximum Gasteiger partial charge on any atom is 0.420 e. The number of piperazine rings is 1. The molecule has 0 amide bonds. The standard InChI is InChI=1S/C26H29F3N6O4S2/c1-2-18-19(3-4-23(31-18)35-13-15-9-16(35)12-34(15)5-6-36)32-25-30-11-17(26(27,28)29)24(33-25)20-10-22-21(40-20)14-39-7-8-41(22,37)38/h3-4,10-11,15-16,36H,2,5-9,12-14H2,1H3,(H,30,32,33)/t15-,16-/m1/s1. The van der Waals surface area contributed by atoms with Gasteiger partial charge in [-0.2, -0.15) is 13.2 Å². The molecule has 0 unspecified atom stereocenters. The summed E-state index contributed by atoms with van der Waals surface area (Å²) in [5.74, 6) is 0.544. The largest absolute Gasteiger partial charge is 0.420 e. The Morgan fingerprint density at radius 1 is 1.22 bits per heavy atom. The minimum absolute atomic E-state index is 0.00668. The molecule has 0 spiro atoms. The molecule has 2 atom stereocenters. The summed E-state index contributed by atoms with van der Waals surface area (Å²) in [5, 5.41) is 12.3. The maximum atomic E-state index is 14.0. The first-order valence-electron chi connectivity index (χ1n) is 13.3. The van der Waals surface area contributed by atoms with Crippen molar-refractivity contribution < 1.29 is 31.4 Å². The van der Waals surface area contributed by atoms with E-state index in [1.54, 1.807) is 0 Å². The number of β-amino-alcohol motifs (C(OH)–C–C–N with tert-alkyl or cyclic N) is 1. The number of sulfone groups is 1. The molecule has 0 saturated carbocycles. The number of nitrogens with zero attached hydrogens (tertiary/aromatic N) is 5. The Bertz CT molecular complexity index is 1560. The lowest BCUT2D eigenvalue weighted by Crippen LogP contribution is -2.47. The Kier molecular flexibility index (Phi) is 7.43. The zero-order valence-corrected chi connectivity index (χ0v) is 23.8.